The Hall–Kier alpha value is -1.14. The van der Waals surface area contributed by atoms with E-state index in [1.165, 1.54) is 11.1 Å². The summed E-state index contributed by atoms with van der Waals surface area (Å²) in [6.45, 7) is 3.79. The van der Waals surface area contributed by atoms with E-state index >= 15 is 0 Å². The Bertz CT molecular complexity index is 519. The first kappa shape index (κ1) is 15.7. The number of hydrogen-bond acceptors (Lipinski definition) is 5. The number of benzene rings is 1. The highest BCUT2D eigenvalue weighted by molar-refractivity contribution is 5.40. The van der Waals surface area contributed by atoms with Gasteiger partial charge in [0.05, 0.1) is 32.0 Å². The summed E-state index contributed by atoms with van der Waals surface area (Å²) in [7, 11) is 1.67. The molecular formula is C17H25NO4. The Morgan fingerprint density at radius 2 is 2.18 bits per heavy atom. The van der Waals surface area contributed by atoms with Gasteiger partial charge in [-0.3, -0.25) is 4.90 Å². The SMILES string of the molecule is COc1ccc2c(c1)C1C(OC[C@H](C)O)C(O)CCN1CC2. The van der Waals surface area contributed by atoms with Gasteiger partial charge in [-0.1, -0.05) is 6.07 Å². The zero-order valence-electron chi connectivity index (χ0n) is 13.2. The molecule has 3 unspecified atom stereocenters. The predicted octanol–water partition coefficient (Wildman–Crippen LogP) is 1.12. The summed E-state index contributed by atoms with van der Waals surface area (Å²) in [4.78, 5) is 2.38. The summed E-state index contributed by atoms with van der Waals surface area (Å²) in [6, 6.07) is 6.18. The van der Waals surface area contributed by atoms with Gasteiger partial charge in [-0.05, 0) is 43.0 Å². The molecule has 0 bridgehead atoms. The number of ether oxygens (including phenoxy) is 2. The summed E-state index contributed by atoms with van der Waals surface area (Å²) >= 11 is 0. The van der Waals surface area contributed by atoms with Crippen molar-refractivity contribution in [2.45, 2.75) is 44.1 Å². The number of aliphatic hydroxyl groups excluding tert-OH is 2. The second-order valence-electron chi connectivity index (χ2n) is 6.30. The van der Waals surface area contributed by atoms with Crippen LogP contribution in [0.2, 0.25) is 0 Å². The van der Waals surface area contributed by atoms with E-state index in [2.05, 4.69) is 17.0 Å². The lowest BCUT2D eigenvalue weighted by Crippen LogP contribution is -2.53. The molecule has 0 amide bonds. The van der Waals surface area contributed by atoms with E-state index in [9.17, 15) is 10.2 Å². The molecule has 5 nitrogen and oxygen atoms in total. The molecule has 1 aromatic rings. The van der Waals surface area contributed by atoms with E-state index < -0.39 is 12.2 Å². The van der Waals surface area contributed by atoms with Crippen LogP contribution in [0.5, 0.6) is 5.75 Å². The summed E-state index contributed by atoms with van der Waals surface area (Å²) in [5, 5.41) is 19.9. The predicted molar refractivity (Wildman–Crippen MR) is 83.1 cm³/mol. The first-order chi connectivity index (χ1) is 10.6. The van der Waals surface area contributed by atoms with Gasteiger partial charge in [0, 0.05) is 13.1 Å². The molecule has 22 heavy (non-hydrogen) atoms. The quantitative estimate of drug-likeness (QED) is 0.873. The molecule has 0 spiro atoms. The Balaban J connectivity index is 1.92. The molecule has 3 rings (SSSR count). The monoisotopic (exact) mass is 307 g/mol. The van der Waals surface area contributed by atoms with Crippen molar-refractivity contribution < 1.29 is 19.7 Å². The third-order valence-corrected chi connectivity index (χ3v) is 4.67. The van der Waals surface area contributed by atoms with Gasteiger partial charge in [0.15, 0.2) is 0 Å². The average Bonchev–Trinajstić information content (AvgIpc) is 2.52. The van der Waals surface area contributed by atoms with Crippen LogP contribution in [0.1, 0.15) is 30.5 Å². The van der Waals surface area contributed by atoms with Gasteiger partial charge in [-0.25, -0.2) is 0 Å². The zero-order chi connectivity index (χ0) is 15.7. The average molecular weight is 307 g/mol. The molecule has 5 heteroatoms. The molecule has 1 fully saturated rings. The minimum atomic E-state index is -0.532. The number of rotatable bonds is 4. The molecule has 0 aliphatic carbocycles. The van der Waals surface area contributed by atoms with Gasteiger partial charge in [0.25, 0.3) is 0 Å². The molecule has 1 aromatic carbocycles. The van der Waals surface area contributed by atoms with Crippen molar-refractivity contribution in [3.05, 3.63) is 29.3 Å². The standard InChI is InChI=1S/C17H25NO4/c1-11(19)10-22-17-15(20)6-8-18-7-5-12-3-4-13(21-2)9-14(12)16(17)18/h3-4,9,11,15-17,19-20H,5-8,10H2,1-2H3/t11-,15?,16?,17?/m0/s1. The van der Waals surface area contributed by atoms with Crippen LogP contribution >= 0.6 is 0 Å². The second-order valence-corrected chi connectivity index (χ2v) is 6.30. The number of fused-ring (bicyclic) bond motifs is 3. The van der Waals surface area contributed by atoms with Crippen molar-refractivity contribution in [3.63, 3.8) is 0 Å². The van der Waals surface area contributed by atoms with E-state index in [0.29, 0.717) is 6.42 Å². The number of aliphatic hydroxyl groups is 2. The molecule has 4 atom stereocenters. The smallest absolute Gasteiger partial charge is 0.119 e. The minimum Gasteiger partial charge on any atom is -0.497 e. The lowest BCUT2D eigenvalue weighted by Gasteiger charge is -2.47. The highest BCUT2D eigenvalue weighted by Gasteiger charge is 2.41. The van der Waals surface area contributed by atoms with Gasteiger partial charge in [0.1, 0.15) is 11.9 Å². The van der Waals surface area contributed by atoms with Crippen molar-refractivity contribution in [3.8, 4) is 5.75 Å². The summed E-state index contributed by atoms with van der Waals surface area (Å²) in [5.74, 6) is 0.829. The normalized spacial score (nSPS) is 29.5. The molecule has 122 valence electrons. The molecule has 0 saturated carbocycles. The van der Waals surface area contributed by atoms with Gasteiger partial charge < -0.3 is 19.7 Å². The summed E-state index contributed by atoms with van der Waals surface area (Å²) < 4.78 is 11.2. The molecule has 1 saturated heterocycles. The van der Waals surface area contributed by atoms with Crippen LogP contribution in [0.25, 0.3) is 0 Å². The first-order valence-electron chi connectivity index (χ1n) is 7.98. The topological polar surface area (TPSA) is 62.2 Å². The molecular weight excluding hydrogens is 282 g/mol. The van der Waals surface area contributed by atoms with Crippen LogP contribution in [-0.2, 0) is 11.2 Å². The maximum absolute atomic E-state index is 10.4. The van der Waals surface area contributed by atoms with Crippen molar-refractivity contribution in [2.24, 2.45) is 0 Å². The third-order valence-electron chi connectivity index (χ3n) is 4.67. The highest BCUT2D eigenvalue weighted by Crippen LogP contribution is 2.39. The molecule has 2 aliphatic rings. The Morgan fingerprint density at radius 1 is 1.36 bits per heavy atom. The van der Waals surface area contributed by atoms with Crippen molar-refractivity contribution in [1.82, 2.24) is 4.90 Å². The Kier molecular flexibility index (Phi) is 4.68. The fraction of sp³-hybridized carbons (Fsp3) is 0.647. The number of piperidine rings is 1. The molecule has 2 aliphatic heterocycles. The van der Waals surface area contributed by atoms with Gasteiger partial charge in [-0.15, -0.1) is 0 Å². The molecule has 0 aromatic heterocycles. The molecule has 2 N–H and O–H groups in total. The summed E-state index contributed by atoms with van der Waals surface area (Å²) in [6.07, 6.45) is 0.373. The minimum absolute atomic E-state index is 0.0290. The second kappa shape index (κ2) is 6.54. The maximum Gasteiger partial charge on any atom is 0.119 e. The van der Waals surface area contributed by atoms with Crippen molar-refractivity contribution >= 4 is 0 Å². The highest BCUT2D eigenvalue weighted by atomic mass is 16.5. The Morgan fingerprint density at radius 3 is 2.91 bits per heavy atom. The van der Waals surface area contributed by atoms with Crippen LogP contribution in [0.4, 0.5) is 0 Å². The fourth-order valence-corrected chi connectivity index (χ4v) is 3.56. The van der Waals surface area contributed by atoms with Crippen molar-refractivity contribution in [1.29, 1.82) is 0 Å². The third kappa shape index (κ3) is 2.99. The molecule has 2 heterocycles. The van der Waals surface area contributed by atoms with Crippen molar-refractivity contribution in [2.75, 3.05) is 26.8 Å². The van der Waals surface area contributed by atoms with Gasteiger partial charge in [-0.2, -0.15) is 0 Å². The van der Waals surface area contributed by atoms with Gasteiger partial charge >= 0.3 is 0 Å². The lowest BCUT2D eigenvalue weighted by molar-refractivity contribution is -0.129. The number of methoxy groups -OCH3 is 1. The van der Waals surface area contributed by atoms with Crippen LogP contribution < -0.4 is 4.74 Å². The van der Waals surface area contributed by atoms with E-state index in [-0.39, 0.29) is 18.8 Å². The van der Waals surface area contributed by atoms with Crippen LogP contribution in [0.3, 0.4) is 0 Å². The fourth-order valence-electron chi connectivity index (χ4n) is 3.56. The van der Waals surface area contributed by atoms with E-state index in [1.54, 1.807) is 14.0 Å². The van der Waals surface area contributed by atoms with E-state index in [0.717, 1.165) is 25.3 Å². The maximum atomic E-state index is 10.4. The number of nitrogens with zero attached hydrogens (tertiary/aromatic N) is 1. The van der Waals surface area contributed by atoms with E-state index in [4.69, 9.17) is 9.47 Å². The zero-order valence-corrected chi connectivity index (χ0v) is 13.2. The van der Waals surface area contributed by atoms with Crippen LogP contribution in [0.15, 0.2) is 18.2 Å². The van der Waals surface area contributed by atoms with Crippen LogP contribution in [0, 0.1) is 0 Å². The largest absolute Gasteiger partial charge is 0.497 e. The first-order valence-corrected chi connectivity index (χ1v) is 7.98. The summed E-state index contributed by atoms with van der Waals surface area (Å²) in [5.41, 5.74) is 2.47. The van der Waals surface area contributed by atoms with E-state index in [1.807, 2.05) is 6.07 Å². The lowest BCUT2D eigenvalue weighted by atomic mass is 9.83. The molecule has 0 radical (unpaired) electrons. The Labute approximate surface area is 131 Å². The van der Waals surface area contributed by atoms with Crippen LogP contribution in [-0.4, -0.2) is 60.2 Å². The van der Waals surface area contributed by atoms with Gasteiger partial charge in [0.2, 0.25) is 0 Å². The number of hydrogen-bond donors (Lipinski definition) is 2.